The fourth-order valence-corrected chi connectivity index (χ4v) is 2.56. The minimum Gasteiger partial charge on any atom is -0.390 e. The van der Waals surface area contributed by atoms with E-state index in [9.17, 15) is 5.11 Å². The molecular formula is C18H30O. The highest BCUT2D eigenvalue weighted by molar-refractivity contribution is 5.39. The van der Waals surface area contributed by atoms with Gasteiger partial charge in [0.1, 0.15) is 0 Å². The average Bonchev–Trinajstić information content (AvgIpc) is 2.23. The number of aliphatic hydroxyl groups is 1. The summed E-state index contributed by atoms with van der Waals surface area (Å²) in [7, 11) is 0. The van der Waals surface area contributed by atoms with E-state index in [1.807, 2.05) is 13.8 Å². The Bertz CT molecular complexity index is 426. The van der Waals surface area contributed by atoms with Crippen LogP contribution in [-0.4, -0.2) is 10.7 Å². The molecule has 1 heteroatoms. The maximum atomic E-state index is 10.1. The van der Waals surface area contributed by atoms with E-state index in [2.05, 4.69) is 53.7 Å². The summed E-state index contributed by atoms with van der Waals surface area (Å²) < 4.78 is 0. The largest absolute Gasteiger partial charge is 0.390 e. The van der Waals surface area contributed by atoms with Crippen LogP contribution in [0.15, 0.2) is 12.1 Å². The lowest BCUT2D eigenvalue weighted by atomic mass is 9.72. The zero-order valence-electron chi connectivity index (χ0n) is 13.9. The summed E-state index contributed by atoms with van der Waals surface area (Å²) in [6.45, 7) is 17.0. The van der Waals surface area contributed by atoms with Gasteiger partial charge in [-0.15, -0.1) is 0 Å². The molecule has 0 aliphatic heterocycles. The average molecular weight is 262 g/mol. The molecule has 0 saturated heterocycles. The van der Waals surface area contributed by atoms with Crippen molar-refractivity contribution in [3.63, 3.8) is 0 Å². The highest BCUT2D eigenvalue weighted by Crippen LogP contribution is 2.35. The second-order valence-electron chi connectivity index (χ2n) is 7.38. The summed E-state index contributed by atoms with van der Waals surface area (Å²) in [6.07, 6.45) is 0.985. The fraction of sp³-hybridized carbons (Fsp3) is 0.667. The molecule has 0 bridgehead atoms. The van der Waals surface area contributed by atoms with Gasteiger partial charge in [0.25, 0.3) is 0 Å². The Hall–Kier alpha value is -0.820. The quantitative estimate of drug-likeness (QED) is 0.835. The van der Waals surface area contributed by atoms with Gasteiger partial charge in [0.15, 0.2) is 0 Å². The zero-order valence-corrected chi connectivity index (χ0v) is 13.9. The molecule has 1 rings (SSSR count). The predicted octanol–water partition coefficient (Wildman–Crippen LogP) is 4.69. The van der Waals surface area contributed by atoms with Crippen LogP contribution in [0.5, 0.6) is 0 Å². The van der Waals surface area contributed by atoms with Crippen molar-refractivity contribution in [3.8, 4) is 0 Å². The first-order valence-corrected chi connectivity index (χ1v) is 7.26. The van der Waals surface area contributed by atoms with Gasteiger partial charge in [-0.05, 0) is 74.6 Å². The van der Waals surface area contributed by atoms with Crippen LogP contribution in [0.25, 0.3) is 0 Å². The maximum Gasteiger partial charge on any atom is 0.0617 e. The van der Waals surface area contributed by atoms with E-state index in [0.717, 1.165) is 6.42 Å². The Morgan fingerprint density at radius 1 is 1.00 bits per heavy atom. The van der Waals surface area contributed by atoms with E-state index in [0.29, 0.717) is 0 Å². The molecule has 0 aliphatic carbocycles. The van der Waals surface area contributed by atoms with Crippen molar-refractivity contribution in [2.75, 3.05) is 0 Å². The van der Waals surface area contributed by atoms with Crippen LogP contribution in [0, 0.1) is 26.7 Å². The molecule has 108 valence electrons. The molecule has 0 radical (unpaired) electrons. The summed E-state index contributed by atoms with van der Waals surface area (Å²) in [5.41, 5.74) is 4.95. The van der Waals surface area contributed by atoms with Gasteiger partial charge >= 0.3 is 0 Å². The molecule has 0 aromatic heterocycles. The number of hydrogen-bond acceptors (Lipinski definition) is 1. The molecule has 0 saturated carbocycles. The van der Waals surface area contributed by atoms with Gasteiger partial charge in [-0.3, -0.25) is 0 Å². The third-order valence-electron chi connectivity index (χ3n) is 4.73. The lowest BCUT2D eigenvalue weighted by Gasteiger charge is -2.35. The molecule has 1 unspecified atom stereocenters. The van der Waals surface area contributed by atoms with Crippen molar-refractivity contribution in [2.45, 2.75) is 72.8 Å². The first-order chi connectivity index (χ1) is 8.45. The summed E-state index contributed by atoms with van der Waals surface area (Å²) in [5, 5.41) is 10.1. The molecule has 1 aromatic rings. The number of benzene rings is 1. The van der Waals surface area contributed by atoms with Gasteiger partial charge in [-0.25, -0.2) is 0 Å². The first kappa shape index (κ1) is 16.2. The van der Waals surface area contributed by atoms with E-state index in [1.165, 1.54) is 22.3 Å². The Balaban J connectivity index is 3.07. The first-order valence-electron chi connectivity index (χ1n) is 7.26. The van der Waals surface area contributed by atoms with Crippen LogP contribution in [0.3, 0.4) is 0 Å². The molecule has 19 heavy (non-hydrogen) atoms. The maximum absolute atomic E-state index is 10.1. The van der Waals surface area contributed by atoms with Gasteiger partial charge < -0.3 is 5.11 Å². The number of rotatable bonds is 4. The van der Waals surface area contributed by atoms with Gasteiger partial charge in [-0.2, -0.15) is 0 Å². The summed E-state index contributed by atoms with van der Waals surface area (Å²) in [6, 6.07) is 4.61. The van der Waals surface area contributed by atoms with E-state index in [1.54, 1.807) is 0 Å². The van der Waals surface area contributed by atoms with Crippen molar-refractivity contribution < 1.29 is 5.11 Å². The van der Waals surface area contributed by atoms with E-state index in [-0.39, 0.29) is 11.3 Å². The number of aryl methyl sites for hydroxylation is 2. The second kappa shape index (κ2) is 5.28. The Morgan fingerprint density at radius 3 is 1.79 bits per heavy atom. The monoisotopic (exact) mass is 262 g/mol. The van der Waals surface area contributed by atoms with Crippen LogP contribution in [0.1, 0.15) is 63.3 Å². The van der Waals surface area contributed by atoms with Gasteiger partial charge in [0, 0.05) is 0 Å². The molecule has 0 amide bonds. The number of hydrogen-bond donors (Lipinski definition) is 1. The summed E-state index contributed by atoms with van der Waals surface area (Å²) in [4.78, 5) is 0. The molecule has 1 N–H and O–H groups in total. The van der Waals surface area contributed by atoms with Gasteiger partial charge in [-0.1, -0.05) is 32.9 Å². The Labute approximate surface area is 119 Å². The van der Waals surface area contributed by atoms with Gasteiger partial charge in [0.2, 0.25) is 0 Å². The normalized spacial score (nSPS) is 14.6. The zero-order chi connectivity index (χ0) is 15.0. The predicted molar refractivity (Wildman–Crippen MR) is 83.8 cm³/mol. The SMILES string of the molecule is Cc1cc(C(C)(C)CC(C)C(C)(C)O)cc(C)c1C. The molecule has 0 aliphatic rings. The summed E-state index contributed by atoms with van der Waals surface area (Å²) in [5.74, 6) is 0.268. The molecule has 1 aromatic carbocycles. The van der Waals surface area contributed by atoms with Crippen molar-refractivity contribution in [2.24, 2.45) is 5.92 Å². The third kappa shape index (κ3) is 3.82. The Kier molecular flexibility index (Phi) is 4.51. The van der Waals surface area contributed by atoms with E-state index >= 15 is 0 Å². The highest BCUT2D eigenvalue weighted by atomic mass is 16.3. The van der Waals surface area contributed by atoms with Crippen LogP contribution in [0.4, 0.5) is 0 Å². The molecular weight excluding hydrogens is 232 g/mol. The third-order valence-corrected chi connectivity index (χ3v) is 4.73. The minimum absolute atomic E-state index is 0.0859. The Morgan fingerprint density at radius 2 is 1.42 bits per heavy atom. The highest BCUT2D eigenvalue weighted by Gasteiger charge is 2.30. The lowest BCUT2D eigenvalue weighted by Crippen LogP contribution is -2.34. The molecule has 0 fully saturated rings. The van der Waals surface area contributed by atoms with Crippen molar-refractivity contribution in [3.05, 3.63) is 34.4 Å². The smallest absolute Gasteiger partial charge is 0.0617 e. The van der Waals surface area contributed by atoms with Gasteiger partial charge in [0.05, 0.1) is 5.60 Å². The van der Waals surface area contributed by atoms with Crippen LogP contribution < -0.4 is 0 Å². The standard InChI is InChI=1S/C18H30O/c1-12-9-16(10-13(2)15(12)4)17(5,6)11-14(3)18(7,8)19/h9-10,14,19H,11H2,1-8H3. The molecule has 0 heterocycles. The molecule has 1 nitrogen and oxygen atoms in total. The van der Waals surface area contributed by atoms with Crippen LogP contribution >= 0.6 is 0 Å². The lowest BCUT2D eigenvalue weighted by molar-refractivity contribution is 0.0133. The molecule has 1 atom stereocenters. The summed E-state index contributed by atoms with van der Waals surface area (Å²) >= 11 is 0. The van der Waals surface area contributed by atoms with Crippen LogP contribution in [0.2, 0.25) is 0 Å². The van der Waals surface area contributed by atoms with Crippen LogP contribution in [-0.2, 0) is 5.41 Å². The van der Waals surface area contributed by atoms with E-state index < -0.39 is 5.60 Å². The van der Waals surface area contributed by atoms with Crippen molar-refractivity contribution in [1.29, 1.82) is 0 Å². The second-order valence-corrected chi connectivity index (χ2v) is 7.38. The van der Waals surface area contributed by atoms with Crippen molar-refractivity contribution >= 4 is 0 Å². The topological polar surface area (TPSA) is 20.2 Å². The van der Waals surface area contributed by atoms with E-state index in [4.69, 9.17) is 0 Å². The minimum atomic E-state index is -0.619. The fourth-order valence-electron chi connectivity index (χ4n) is 2.56. The molecule has 0 spiro atoms. The van der Waals surface area contributed by atoms with Crippen molar-refractivity contribution in [1.82, 2.24) is 0 Å².